The Morgan fingerprint density at radius 2 is 2.15 bits per heavy atom. The number of anilines is 1. The van der Waals surface area contributed by atoms with Gasteiger partial charge in [0.15, 0.2) is 0 Å². The summed E-state index contributed by atoms with van der Waals surface area (Å²) in [6.07, 6.45) is 5.26. The Bertz CT molecular complexity index is 756. The second-order valence-corrected chi connectivity index (χ2v) is 6.63. The van der Waals surface area contributed by atoms with Crippen LogP contribution in [0.4, 0.5) is 5.69 Å². The van der Waals surface area contributed by atoms with E-state index >= 15 is 0 Å². The van der Waals surface area contributed by atoms with Gasteiger partial charge in [0.1, 0.15) is 17.3 Å². The van der Waals surface area contributed by atoms with Gasteiger partial charge >= 0.3 is 0 Å². The molecule has 0 saturated carbocycles. The van der Waals surface area contributed by atoms with Crippen molar-refractivity contribution in [2.45, 2.75) is 44.7 Å². The number of ether oxygens (including phenoxy) is 2. The summed E-state index contributed by atoms with van der Waals surface area (Å²) >= 11 is 0. The number of aryl methyl sites for hydroxylation is 1. The molecule has 1 aromatic heterocycles. The summed E-state index contributed by atoms with van der Waals surface area (Å²) in [6, 6.07) is 7.64. The molecule has 140 valence electrons. The summed E-state index contributed by atoms with van der Waals surface area (Å²) in [5.41, 5.74) is 1.83. The first-order valence-corrected chi connectivity index (χ1v) is 8.95. The lowest BCUT2D eigenvalue weighted by atomic mass is 9.92. The maximum absolute atomic E-state index is 12.5. The second-order valence-electron chi connectivity index (χ2n) is 6.63. The standard InChI is InChI=1S/C20H26N2O4/c1-13(21-16-5-4-6-18-15(16)9-10-26-18)11-20(23)22-17-12-14(24-2)7-8-19(17)25-3/h7-10,12-13,16,21H,4-6,11H2,1-3H3,(H,22,23). The van der Waals surface area contributed by atoms with E-state index in [0.717, 1.165) is 25.0 Å². The van der Waals surface area contributed by atoms with Crippen LogP contribution in [0.5, 0.6) is 11.5 Å². The SMILES string of the molecule is COc1ccc(OC)c(NC(=O)CC(C)NC2CCCc3occc32)c1. The number of benzene rings is 1. The number of carbonyl (C=O) groups excluding carboxylic acids is 1. The van der Waals surface area contributed by atoms with Crippen molar-refractivity contribution in [3.8, 4) is 11.5 Å². The normalized spacial score (nSPS) is 17.3. The van der Waals surface area contributed by atoms with Crippen molar-refractivity contribution in [1.82, 2.24) is 5.32 Å². The third kappa shape index (κ3) is 4.19. The fourth-order valence-electron chi connectivity index (χ4n) is 3.45. The molecule has 1 heterocycles. The van der Waals surface area contributed by atoms with E-state index < -0.39 is 0 Å². The van der Waals surface area contributed by atoms with Gasteiger partial charge in [-0.05, 0) is 38.0 Å². The van der Waals surface area contributed by atoms with Crippen molar-refractivity contribution in [2.75, 3.05) is 19.5 Å². The number of rotatable bonds is 7. The van der Waals surface area contributed by atoms with Gasteiger partial charge in [0.25, 0.3) is 0 Å². The van der Waals surface area contributed by atoms with Gasteiger partial charge in [-0.3, -0.25) is 4.79 Å². The Morgan fingerprint density at radius 1 is 1.31 bits per heavy atom. The molecule has 6 heteroatoms. The van der Waals surface area contributed by atoms with Gasteiger partial charge in [0, 0.05) is 36.6 Å². The zero-order valence-corrected chi connectivity index (χ0v) is 15.5. The Hall–Kier alpha value is -2.47. The van der Waals surface area contributed by atoms with Crippen LogP contribution in [0.1, 0.15) is 43.6 Å². The number of nitrogens with one attached hydrogen (secondary N) is 2. The molecule has 0 spiro atoms. The minimum Gasteiger partial charge on any atom is -0.497 e. The molecule has 0 aliphatic heterocycles. The number of amides is 1. The molecule has 1 aliphatic rings. The molecule has 3 rings (SSSR count). The van der Waals surface area contributed by atoms with Crippen molar-refractivity contribution >= 4 is 11.6 Å². The molecule has 0 fully saturated rings. The molecule has 0 radical (unpaired) electrons. The van der Waals surface area contributed by atoms with Crippen molar-refractivity contribution in [2.24, 2.45) is 0 Å². The fraction of sp³-hybridized carbons (Fsp3) is 0.450. The summed E-state index contributed by atoms with van der Waals surface area (Å²) in [4.78, 5) is 12.5. The lowest BCUT2D eigenvalue weighted by molar-refractivity contribution is -0.116. The minimum atomic E-state index is -0.0696. The zero-order valence-electron chi connectivity index (χ0n) is 15.5. The lowest BCUT2D eigenvalue weighted by Gasteiger charge is -2.26. The molecular formula is C20H26N2O4. The Kier molecular flexibility index (Phi) is 5.83. The van der Waals surface area contributed by atoms with Crippen LogP contribution in [0.2, 0.25) is 0 Å². The molecule has 1 aliphatic carbocycles. The van der Waals surface area contributed by atoms with Crippen LogP contribution < -0.4 is 20.1 Å². The van der Waals surface area contributed by atoms with Gasteiger partial charge in [-0.1, -0.05) is 0 Å². The average molecular weight is 358 g/mol. The number of hydrogen-bond acceptors (Lipinski definition) is 5. The predicted octanol–water partition coefficient (Wildman–Crippen LogP) is 3.68. The third-order valence-electron chi connectivity index (χ3n) is 4.71. The third-order valence-corrected chi connectivity index (χ3v) is 4.71. The predicted molar refractivity (Wildman–Crippen MR) is 99.8 cm³/mol. The topological polar surface area (TPSA) is 72.7 Å². The van der Waals surface area contributed by atoms with Gasteiger partial charge < -0.3 is 24.5 Å². The van der Waals surface area contributed by atoms with Gasteiger partial charge in [-0.15, -0.1) is 0 Å². The van der Waals surface area contributed by atoms with Gasteiger partial charge in [-0.25, -0.2) is 0 Å². The van der Waals surface area contributed by atoms with Crippen LogP contribution in [0, 0.1) is 0 Å². The fourth-order valence-corrected chi connectivity index (χ4v) is 3.45. The molecule has 6 nitrogen and oxygen atoms in total. The van der Waals surface area contributed by atoms with E-state index in [0.29, 0.717) is 23.6 Å². The monoisotopic (exact) mass is 358 g/mol. The van der Waals surface area contributed by atoms with E-state index in [1.807, 2.05) is 13.0 Å². The quantitative estimate of drug-likeness (QED) is 0.790. The first-order chi connectivity index (χ1) is 12.6. The highest BCUT2D eigenvalue weighted by molar-refractivity contribution is 5.92. The van der Waals surface area contributed by atoms with E-state index in [4.69, 9.17) is 13.9 Å². The smallest absolute Gasteiger partial charge is 0.226 e. The lowest BCUT2D eigenvalue weighted by Crippen LogP contribution is -2.35. The van der Waals surface area contributed by atoms with Crippen molar-refractivity contribution in [1.29, 1.82) is 0 Å². The van der Waals surface area contributed by atoms with Crippen molar-refractivity contribution in [3.05, 3.63) is 41.9 Å². The number of methoxy groups -OCH3 is 2. The van der Waals surface area contributed by atoms with Crippen LogP contribution in [0.15, 0.2) is 34.9 Å². The highest BCUT2D eigenvalue weighted by Gasteiger charge is 2.24. The van der Waals surface area contributed by atoms with E-state index in [1.165, 1.54) is 5.56 Å². The largest absolute Gasteiger partial charge is 0.497 e. The van der Waals surface area contributed by atoms with Crippen LogP contribution in [0.25, 0.3) is 0 Å². The van der Waals surface area contributed by atoms with E-state index in [9.17, 15) is 4.79 Å². The van der Waals surface area contributed by atoms with Gasteiger partial charge in [0.2, 0.25) is 5.91 Å². The molecule has 1 aromatic carbocycles. The Morgan fingerprint density at radius 3 is 2.92 bits per heavy atom. The van der Waals surface area contributed by atoms with E-state index in [-0.39, 0.29) is 18.0 Å². The van der Waals surface area contributed by atoms with Gasteiger partial charge in [0.05, 0.1) is 26.2 Å². The van der Waals surface area contributed by atoms with Crippen LogP contribution in [-0.4, -0.2) is 26.2 Å². The number of furan rings is 1. The summed E-state index contributed by atoms with van der Waals surface area (Å²) in [5, 5.41) is 6.47. The number of fused-ring (bicyclic) bond motifs is 1. The molecule has 2 N–H and O–H groups in total. The summed E-state index contributed by atoms with van der Waals surface area (Å²) in [5.74, 6) is 2.27. The van der Waals surface area contributed by atoms with Crippen LogP contribution in [-0.2, 0) is 11.2 Å². The molecule has 1 amide bonds. The Labute approximate surface area is 153 Å². The maximum Gasteiger partial charge on any atom is 0.226 e. The zero-order chi connectivity index (χ0) is 18.5. The highest BCUT2D eigenvalue weighted by atomic mass is 16.5. The first-order valence-electron chi connectivity index (χ1n) is 8.95. The molecule has 2 unspecified atom stereocenters. The van der Waals surface area contributed by atoms with Crippen LogP contribution >= 0.6 is 0 Å². The first kappa shape index (κ1) is 18.3. The summed E-state index contributed by atoms with van der Waals surface area (Å²) in [7, 11) is 3.17. The summed E-state index contributed by atoms with van der Waals surface area (Å²) in [6.45, 7) is 2.02. The van der Waals surface area contributed by atoms with E-state index in [1.54, 1.807) is 38.7 Å². The van der Waals surface area contributed by atoms with E-state index in [2.05, 4.69) is 10.6 Å². The molecule has 0 bridgehead atoms. The Balaban J connectivity index is 1.59. The second kappa shape index (κ2) is 8.27. The van der Waals surface area contributed by atoms with Crippen molar-refractivity contribution in [3.63, 3.8) is 0 Å². The average Bonchev–Trinajstić information content (AvgIpc) is 3.11. The maximum atomic E-state index is 12.5. The van der Waals surface area contributed by atoms with Crippen molar-refractivity contribution < 1.29 is 18.7 Å². The number of carbonyl (C=O) groups is 1. The minimum absolute atomic E-state index is 0.0393. The summed E-state index contributed by atoms with van der Waals surface area (Å²) < 4.78 is 16.1. The van der Waals surface area contributed by atoms with Gasteiger partial charge in [-0.2, -0.15) is 0 Å². The molecule has 26 heavy (non-hydrogen) atoms. The highest BCUT2D eigenvalue weighted by Crippen LogP contribution is 2.31. The molecule has 2 aromatic rings. The molecular weight excluding hydrogens is 332 g/mol. The molecule has 2 atom stereocenters. The molecule has 0 saturated heterocycles. The van der Waals surface area contributed by atoms with Crippen LogP contribution in [0.3, 0.4) is 0 Å². The number of hydrogen-bond donors (Lipinski definition) is 2.